The van der Waals surface area contributed by atoms with Crippen molar-refractivity contribution in [3.8, 4) is 5.75 Å². The van der Waals surface area contributed by atoms with Crippen LogP contribution in [0.2, 0.25) is 0 Å². The SMILES string of the molecule is CCC/C=C/S(=O)(=O)N[C@H](C)c1ccc(F)c(OCC2CC2)c1. The average molecular weight is 341 g/mol. The third-order valence-electron chi connectivity index (χ3n) is 3.70. The van der Waals surface area contributed by atoms with E-state index in [1.807, 2.05) is 6.92 Å². The molecule has 1 aliphatic carbocycles. The third-order valence-corrected chi connectivity index (χ3v) is 4.93. The topological polar surface area (TPSA) is 55.4 Å². The molecule has 0 bridgehead atoms. The highest BCUT2D eigenvalue weighted by Crippen LogP contribution is 2.31. The molecule has 1 aromatic carbocycles. The van der Waals surface area contributed by atoms with Gasteiger partial charge in [-0.2, -0.15) is 0 Å². The molecule has 0 amide bonds. The summed E-state index contributed by atoms with van der Waals surface area (Å²) in [5.41, 5.74) is 0.671. The van der Waals surface area contributed by atoms with Gasteiger partial charge >= 0.3 is 0 Å². The highest BCUT2D eigenvalue weighted by molar-refractivity contribution is 7.92. The summed E-state index contributed by atoms with van der Waals surface area (Å²) in [6.45, 7) is 4.22. The van der Waals surface area contributed by atoms with Gasteiger partial charge in [0.25, 0.3) is 0 Å². The van der Waals surface area contributed by atoms with E-state index in [-0.39, 0.29) is 5.75 Å². The van der Waals surface area contributed by atoms with Gasteiger partial charge in [-0.1, -0.05) is 25.5 Å². The van der Waals surface area contributed by atoms with Gasteiger partial charge in [0.15, 0.2) is 11.6 Å². The van der Waals surface area contributed by atoms with E-state index < -0.39 is 21.9 Å². The zero-order valence-electron chi connectivity index (χ0n) is 13.6. The summed E-state index contributed by atoms with van der Waals surface area (Å²) in [5, 5.41) is 1.18. The predicted molar refractivity (Wildman–Crippen MR) is 89.1 cm³/mol. The van der Waals surface area contributed by atoms with Crippen molar-refractivity contribution in [2.24, 2.45) is 5.92 Å². The number of allylic oxidation sites excluding steroid dienone is 1. The van der Waals surface area contributed by atoms with Crippen molar-refractivity contribution < 1.29 is 17.5 Å². The first-order chi connectivity index (χ1) is 10.9. The zero-order valence-corrected chi connectivity index (χ0v) is 14.4. The molecule has 128 valence electrons. The number of halogens is 1. The summed E-state index contributed by atoms with van der Waals surface area (Å²) >= 11 is 0. The van der Waals surface area contributed by atoms with Crippen LogP contribution in [-0.2, 0) is 10.0 Å². The number of sulfonamides is 1. The van der Waals surface area contributed by atoms with Crippen LogP contribution in [0, 0.1) is 11.7 Å². The van der Waals surface area contributed by atoms with Gasteiger partial charge in [0.1, 0.15) is 0 Å². The third kappa shape index (κ3) is 5.95. The Balaban J connectivity index is 2.03. The van der Waals surface area contributed by atoms with Crippen molar-refractivity contribution >= 4 is 10.0 Å². The minimum atomic E-state index is -3.51. The number of ether oxygens (including phenoxy) is 1. The smallest absolute Gasteiger partial charge is 0.233 e. The number of hydrogen-bond donors (Lipinski definition) is 1. The molecular formula is C17H24FNO3S. The molecule has 0 spiro atoms. The number of benzene rings is 1. The zero-order chi connectivity index (χ0) is 16.9. The second-order valence-electron chi connectivity index (χ2n) is 5.99. The average Bonchev–Trinajstić information content (AvgIpc) is 3.30. The highest BCUT2D eigenvalue weighted by atomic mass is 32.2. The Labute approximate surface area is 137 Å². The molecule has 23 heavy (non-hydrogen) atoms. The van der Waals surface area contributed by atoms with Crippen LogP contribution in [0.3, 0.4) is 0 Å². The van der Waals surface area contributed by atoms with E-state index in [9.17, 15) is 12.8 Å². The van der Waals surface area contributed by atoms with Crippen LogP contribution < -0.4 is 9.46 Å². The first-order valence-corrected chi connectivity index (χ1v) is 9.57. The van der Waals surface area contributed by atoms with Crippen LogP contribution in [0.1, 0.15) is 51.1 Å². The monoisotopic (exact) mass is 341 g/mol. The molecule has 0 unspecified atom stereocenters. The first-order valence-electron chi connectivity index (χ1n) is 8.02. The fraction of sp³-hybridized carbons (Fsp3) is 0.529. The van der Waals surface area contributed by atoms with Crippen molar-refractivity contribution in [1.29, 1.82) is 0 Å². The van der Waals surface area contributed by atoms with E-state index in [2.05, 4.69) is 4.72 Å². The Morgan fingerprint density at radius 3 is 2.83 bits per heavy atom. The standard InChI is InChI=1S/C17H24FNO3S/c1-3-4-5-10-23(20,21)19-13(2)15-8-9-16(18)17(11-15)22-12-14-6-7-14/h5,8-11,13-14,19H,3-4,6-7,12H2,1-2H3/b10-5+/t13-/m1/s1. The maximum absolute atomic E-state index is 13.8. The molecule has 1 aromatic rings. The van der Waals surface area contributed by atoms with E-state index in [1.165, 1.54) is 11.5 Å². The summed E-state index contributed by atoms with van der Waals surface area (Å²) in [6, 6.07) is 3.99. The van der Waals surface area contributed by atoms with E-state index in [0.29, 0.717) is 24.5 Å². The van der Waals surface area contributed by atoms with Crippen molar-refractivity contribution in [2.45, 2.75) is 45.6 Å². The van der Waals surface area contributed by atoms with E-state index >= 15 is 0 Å². The fourth-order valence-electron chi connectivity index (χ4n) is 2.11. The summed E-state index contributed by atoms with van der Waals surface area (Å²) in [7, 11) is -3.51. The lowest BCUT2D eigenvalue weighted by Crippen LogP contribution is -2.24. The lowest BCUT2D eigenvalue weighted by Gasteiger charge is -2.15. The van der Waals surface area contributed by atoms with Crippen LogP contribution >= 0.6 is 0 Å². The van der Waals surface area contributed by atoms with E-state index in [4.69, 9.17) is 4.74 Å². The van der Waals surface area contributed by atoms with Crippen LogP contribution in [0.25, 0.3) is 0 Å². The number of unbranched alkanes of at least 4 members (excludes halogenated alkanes) is 1. The lowest BCUT2D eigenvalue weighted by molar-refractivity contribution is 0.285. The summed E-state index contributed by atoms with van der Waals surface area (Å²) < 4.78 is 45.8. The molecule has 0 heterocycles. The minimum absolute atomic E-state index is 0.182. The van der Waals surface area contributed by atoms with Gasteiger partial charge in [-0.15, -0.1) is 0 Å². The van der Waals surface area contributed by atoms with Gasteiger partial charge in [0.05, 0.1) is 6.61 Å². The lowest BCUT2D eigenvalue weighted by atomic mass is 10.1. The van der Waals surface area contributed by atoms with E-state index in [1.54, 1.807) is 25.1 Å². The summed E-state index contributed by atoms with van der Waals surface area (Å²) in [6.07, 6.45) is 5.49. The van der Waals surface area contributed by atoms with E-state index in [0.717, 1.165) is 19.3 Å². The molecular weight excluding hydrogens is 317 g/mol. The molecule has 1 aliphatic rings. The highest BCUT2D eigenvalue weighted by Gasteiger charge is 2.23. The van der Waals surface area contributed by atoms with Gasteiger partial charge in [-0.25, -0.2) is 17.5 Å². The number of hydrogen-bond acceptors (Lipinski definition) is 3. The molecule has 0 saturated heterocycles. The summed E-state index contributed by atoms with van der Waals surface area (Å²) in [4.78, 5) is 0. The second-order valence-corrected chi connectivity index (χ2v) is 7.59. The van der Waals surface area contributed by atoms with Crippen molar-refractivity contribution in [1.82, 2.24) is 4.72 Å². The Hall–Kier alpha value is -1.40. The normalized spacial score (nSPS) is 16.7. The van der Waals surface area contributed by atoms with Crippen molar-refractivity contribution in [2.75, 3.05) is 6.61 Å². The number of nitrogens with one attached hydrogen (secondary N) is 1. The molecule has 0 radical (unpaired) electrons. The van der Waals surface area contributed by atoms with Crippen LogP contribution in [0.5, 0.6) is 5.75 Å². The molecule has 0 aliphatic heterocycles. The molecule has 1 saturated carbocycles. The summed E-state index contributed by atoms with van der Waals surface area (Å²) in [5.74, 6) is 0.284. The van der Waals surface area contributed by atoms with Gasteiger partial charge in [0.2, 0.25) is 10.0 Å². The maximum Gasteiger partial charge on any atom is 0.233 e. The van der Waals surface area contributed by atoms with Crippen LogP contribution in [0.15, 0.2) is 29.7 Å². The molecule has 2 rings (SSSR count). The Bertz CT molecular complexity index is 654. The fourth-order valence-corrected chi connectivity index (χ4v) is 3.20. The largest absolute Gasteiger partial charge is 0.490 e. The molecule has 6 heteroatoms. The van der Waals surface area contributed by atoms with Crippen LogP contribution in [0.4, 0.5) is 4.39 Å². The van der Waals surface area contributed by atoms with Gasteiger partial charge in [-0.3, -0.25) is 0 Å². The first kappa shape index (κ1) is 17.9. The predicted octanol–water partition coefficient (Wildman–Crippen LogP) is 3.91. The molecule has 1 N–H and O–H groups in total. The molecule has 0 aromatic heterocycles. The minimum Gasteiger partial charge on any atom is -0.490 e. The van der Waals surface area contributed by atoms with Crippen LogP contribution in [-0.4, -0.2) is 15.0 Å². The second kappa shape index (κ2) is 7.93. The molecule has 4 nitrogen and oxygen atoms in total. The number of rotatable bonds is 9. The van der Waals surface area contributed by atoms with Crippen molar-refractivity contribution in [3.05, 3.63) is 41.1 Å². The van der Waals surface area contributed by atoms with Crippen molar-refractivity contribution in [3.63, 3.8) is 0 Å². The molecule has 1 atom stereocenters. The quantitative estimate of drug-likeness (QED) is 0.741. The Morgan fingerprint density at radius 1 is 1.43 bits per heavy atom. The Morgan fingerprint density at radius 2 is 2.17 bits per heavy atom. The van der Waals surface area contributed by atoms with Gasteiger partial charge in [-0.05, 0) is 49.8 Å². The molecule has 1 fully saturated rings. The van der Waals surface area contributed by atoms with Gasteiger partial charge < -0.3 is 4.74 Å². The van der Waals surface area contributed by atoms with Gasteiger partial charge in [0, 0.05) is 11.4 Å². The maximum atomic E-state index is 13.8. The Kier molecular flexibility index (Phi) is 6.18.